The van der Waals surface area contributed by atoms with Crippen LogP contribution in [0.3, 0.4) is 0 Å². The van der Waals surface area contributed by atoms with Crippen molar-refractivity contribution in [2.24, 2.45) is 0 Å². The van der Waals surface area contributed by atoms with E-state index in [1.54, 1.807) is 17.5 Å². The van der Waals surface area contributed by atoms with E-state index in [1.165, 1.54) is 4.88 Å². The molecule has 4 nitrogen and oxygen atoms in total. The van der Waals surface area contributed by atoms with Gasteiger partial charge in [0.05, 0.1) is 17.9 Å². The van der Waals surface area contributed by atoms with Crippen LogP contribution in [-0.4, -0.2) is 15.5 Å². The molecule has 3 rings (SSSR count). The van der Waals surface area contributed by atoms with Crippen molar-refractivity contribution in [3.05, 3.63) is 68.9 Å². The average molecular weight is 339 g/mol. The van der Waals surface area contributed by atoms with Crippen molar-refractivity contribution in [1.29, 1.82) is 0 Å². The monoisotopic (exact) mass is 339 g/mol. The molecule has 0 radical (unpaired) electrons. The molecule has 3 heterocycles. The van der Waals surface area contributed by atoms with E-state index in [1.807, 2.05) is 18.2 Å². The molecule has 1 amide bonds. The third kappa shape index (κ3) is 2.99. The second-order valence-electron chi connectivity index (χ2n) is 5.92. The van der Waals surface area contributed by atoms with Gasteiger partial charge in [-0.05, 0) is 57.5 Å². The van der Waals surface area contributed by atoms with Crippen LogP contribution in [0.4, 0.5) is 0 Å². The minimum atomic E-state index is -0.0515. The number of pyridine rings is 1. The molecule has 3 aromatic heterocycles. The van der Waals surface area contributed by atoms with Gasteiger partial charge in [-0.2, -0.15) is 0 Å². The van der Waals surface area contributed by atoms with E-state index in [0.29, 0.717) is 6.54 Å². The molecular formula is C19H21N3OS. The summed E-state index contributed by atoms with van der Waals surface area (Å²) in [6.07, 6.45) is 1.74. The minimum Gasteiger partial charge on any atom is -0.346 e. The van der Waals surface area contributed by atoms with Gasteiger partial charge < -0.3 is 9.88 Å². The van der Waals surface area contributed by atoms with Gasteiger partial charge in [0.2, 0.25) is 0 Å². The lowest BCUT2D eigenvalue weighted by Gasteiger charge is -2.12. The topological polar surface area (TPSA) is 46.9 Å². The summed E-state index contributed by atoms with van der Waals surface area (Å²) in [5.74, 6) is -0.0515. The molecule has 0 saturated carbocycles. The Balaban J connectivity index is 1.94. The van der Waals surface area contributed by atoms with Gasteiger partial charge >= 0.3 is 0 Å². The van der Waals surface area contributed by atoms with Gasteiger partial charge in [-0.15, -0.1) is 11.3 Å². The molecule has 0 aliphatic carbocycles. The van der Waals surface area contributed by atoms with Crippen molar-refractivity contribution >= 4 is 17.2 Å². The molecule has 0 aliphatic rings. The standard InChI is InChI=1S/C19H21N3OS/c1-12-8-9-13(2)22(12)17-14(3)15(4)24-18(17)19(23)21-11-16-7-5-6-10-20-16/h5-10H,11H2,1-4H3,(H,21,23). The quantitative estimate of drug-likeness (QED) is 0.778. The number of rotatable bonds is 4. The van der Waals surface area contributed by atoms with Gasteiger partial charge in [0.1, 0.15) is 4.88 Å². The Hall–Kier alpha value is -2.40. The first kappa shape index (κ1) is 16.5. The molecule has 0 aromatic carbocycles. The molecule has 0 spiro atoms. The van der Waals surface area contributed by atoms with Crippen LogP contribution >= 0.6 is 11.3 Å². The van der Waals surface area contributed by atoms with Gasteiger partial charge in [-0.1, -0.05) is 6.07 Å². The maximum atomic E-state index is 12.8. The molecule has 0 aliphatic heterocycles. The van der Waals surface area contributed by atoms with E-state index in [4.69, 9.17) is 0 Å². The number of hydrogen-bond donors (Lipinski definition) is 1. The Bertz CT molecular complexity index is 858. The van der Waals surface area contributed by atoms with Crippen molar-refractivity contribution in [2.45, 2.75) is 34.2 Å². The maximum Gasteiger partial charge on any atom is 0.263 e. The summed E-state index contributed by atoms with van der Waals surface area (Å²) >= 11 is 1.55. The van der Waals surface area contributed by atoms with E-state index in [9.17, 15) is 4.79 Å². The zero-order chi connectivity index (χ0) is 17.3. The summed E-state index contributed by atoms with van der Waals surface area (Å²) < 4.78 is 2.16. The Labute approximate surface area is 146 Å². The highest BCUT2D eigenvalue weighted by molar-refractivity contribution is 7.14. The van der Waals surface area contributed by atoms with Gasteiger partial charge in [-0.25, -0.2) is 0 Å². The first-order chi connectivity index (χ1) is 11.5. The second-order valence-corrected chi connectivity index (χ2v) is 7.14. The molecule has 0 fully saturated rings. The molecule has 0 saturated heterocycles. The second kappa shape index (κ2) is 6.61. The van der Waals surface area contributed by atoms with Crippen LogP contribution in [0.5, 0.6) is 0 Å². The summed E-state index contributed by atoms with van der Waals surface area (Å²) in [6.45, 7) is 8.70. The Kier molecular flexibility index (Phi) is 4.53. The van der Waals surface area contributed by atoms with Gasteiger partial charge in [0, 0.05) is 22.5 Å². The summed E-state index contributed by atoms with van der Waals surface area (Å²) in [4.78, 5) is 19.0. The lowest BCUT2D eigenvalue weighted by molar-refractivity contribution is 0.0954. The minimum absolute atomic E-state index is 0.0515. The molecule has 24 heavy (non-hydrogen) atoms. The van der Waals surface area contributed by atoms with Crippen LogP contribution in [0.2, 0.25) is 0 Å². The van der Waals surface area contributed by atoms with Crippen LogP contribution in [0, 0.1) is 27.7 Å². The van der Waals surface area contributed by atoms with Gasteiger partial charge in [0.15, 0.2) is 0 Å². The summed E-state index contributed by atoms with van der Waals surface area (Å²) in [7, 11) is 0. The first-order valence-corrected chi connectivity index (χ1v) is 8.74. The van der Waals surface area contributed by atoms with E-state index >= 15 is 0 Å². The fourth-order valence-electron chi connectivity index (χ4n) is 2.81. The number of carbonyl (C=O) groups excluding carboxylic acids is 1. The van der Waals surface area contributed by atoms with Crippen molar-refractivity contribution in [2.75, 3.05) is 0 Å². The summed E-state index contributed by atoms with van der Waals surface area (Å²) in [5.41, 5.74) is 5.27. The lowest BCUT2D eigenvalue weighted by Crippen LogP contribution is -2.23. The van der Waals surface area contributed by atoms with Crippen molar-refractivity contribution in [3.63, 3.8) is 0 Å². The molecule has 1 N–H and O–H groups in total. The highest BCUT2D eigenvalue weighted by Gasteiger charge is 2.21. The highest BCUT2D eigenvalue weighted by atomic mass is 32.1. The fourth-order valence-corrected chi connectivity index (χ4v) is 3.87. The number of aromatic nitrogens is 2. The summed E-state index contributed by atoms with van der Waals surface area (Å²) in [6, 6.07) is 9.86. The van der Waals surface area contributed by atoms with E-state index in [0.717, 1.165) is 33.2 Å². The number of carbonyl (C=O) groups is 1. The lowest BCUT2D eigenvalue weighted by atomic mass is 10.2. The third-order valence-electron chi connectivity index (χ3n) is 4.21. The molecule has 0 unspecified atom stereocenters. The number of hydrogen-bond acceptors (Lipinski definition) is 3. The smallest absolute Gasteiger partial charge is 0.263 e. The van der Waals surface area contributed by atoms with Crippen molar-refractivity contribution in [3.8, 4) is 5.69 Å². The maximum absolute atomic E-state index is 12.8. The fraction of sp³-hybridized carbons (Fsp3) is 0.263. The van der Waals surface area contributed by atoms with Crippen LogP contribution in [0.15, 0.2) is 36.5 Å². The number of thiophene rings is 1. The van der Waals surface area contributed by atoms with Gasteiger partial charge in [-0.3, -0.25) is 9.78 Å². The van der Waals surface area contributed by atoms with Crippen LogP contribution in [0.25, 0.3) is 5.69 Å². The predicted octanol–water partition coefficient (Wildman–Crippen LogP) is 4.10. The van der Waals surface area contributed by atoms with Crippen LogP contribution in [0.1, 0.15) is 37.2 Å². The van der Waals surface area contributed by atoms with E-state index < -0.39 is 0 Å². The number of nitrogens with zero attached hydrogens (tertiary/aromatic N) is 2. The zero-order valence-corrected chi connectivity index (χ0v) is 15.2. The molecule has 3 aromatic rings. The summed E-state index contributed by atoms with van der Waals surface area (Å²) in [5, 5.41) is 2.99. The Morgan fingerprint density at radius 3 is 2.46 bits per heavy atom. The van der Waals surface area contributed by atoms with E-state index in [-0.39, 0.29) is 5.91 Å². The van der Waals surface area contributed by atoms with E-state index in [2.05, 4.69) is 54.7 Å². The third-order valence-corrected chi connectivity index (χ3v) is 5.41. The molecule has 124 valence electrons. The number of amides is 1. The Morgan fingerprint density at radius 1 is 1.12 bits per heavy atom. The highest BCUT2D eigenvalue weighted by Crippen LogP contribution is 2.33. The SMILES string of the molecule is Cc1sc(C(=O)NCc2ccccn2)c(-n2c(C)ccc2C)c1C. The first-order valence-electron chi connectivity index (χ1n) is 7.92. The molecule has 0 bridgehead atoms. The Morgan fingerprint density at radius 2 is 1.83 bits per heavy atom. The van der Waals surface area contributed by atoms with Gasteiger partial charge in [0.25, 0.3) is 5.91 Å². The normalized spacial score (nSPS) is 10.8. The average Bonchev–Trinajstić information content (AvgIpc) is 3.06. The van der Waals surface area contributed by atoms with Crippen molar-refractivity contribution < 1.29 is 4.79 Å². The molecule has 5 heteroatoms. The van der Waals surface area contributed by atoms with Crippen LogP contribution < -0.4 is 5.32 Å². The zero-order valence-electron chi connectivity index (χ0n) is 14.4. The predicted molar refractivity (Wildman–Crippen MR) is 98.0 cm³/mol. The largest absolute Gasteiger partial charge is 0.346 e. The van der Waals surface area contributed by atoms with Crippen molar-refractivity contribution in [1.82, 2.24) is 14.9 Å². The number of nitrogens with one attached hydrogen (secondary N) is 1. The molecular weight excluding hydrogens is 318 g/mol. The number of aryl methyl sites for hydroxylation is 3. The van der Waals surface area contributed by atoms with Crippen LogP contribution in [-0.2, 0) is 6.54 Å². The molecule has 0 atom stereocenters.